The van der Waals surface area contributed by atoms with E-state index in [1.807, 2.05) is 18.9 Å². The van der Waals surface area contributed by atoms with Gasteiger partial charge in [0.25, 0.3) is 5.91 Å². The first-order valence-corrected chi connectivity index (χ1v) is 9.20. The number of nitrogens with zero attached hydrogens (tertiary/aromatic N) is 1. The Bertz CT molecular complexity index is 633. The average Bonchev–Trinajstić information content (AvgIpc) is 3.25. The molecule has 2 atom stereocenters. The van der Waals surface area contributed by atoms with E-state index in [2.05, 4.69) is 5.32 Å². The first-order valence-electron chi connectivity index (χ1n) is 9.20. The summed E-state index contributed by atoms with van der Waals surface area (Å²) in [5, 5.41) is 2.67. The van der Waals surface area contributed by atoms with Crippen molar-refractivity contribution in [1.29, 1.82) is 0 Å². The van der Waals surface area contributed by atoms with Crippen molar-refractivity contribution in [3.8, 4) is 0 Å². The molecule has 0 bridgehead atoms. The molecule has 25 heavy (non-hydrogen) atoms. The zero-order valence-electron chi connectivity index (χ0n) is 15.3. The van der Waals surface area contributed by atoms with E-state index in [4.69, 9.17) is 9.15 Å². The monoisotopic (exact) mass is 348 g/mol. The van der Waals surface area contributed by atoms with Crippen LogP contribution in [0.1, 0.15) is 62.3 Å². The molecule has 1 N–H and O–H groups in total. The number of amides is 2. The van der Waals surface area contributed by atoms with Crippen LogP contribution < -0.4 is 5.32 Å². The molecule has 2 saturated carbocycles. The Hall–Kier alpha value is -1.82. The fourth-order valence-electron chi connectivity index (χ4n) is 4.51. The van der Waals surface area contributed by atoms with E-state index in [-0.39, 0.29) is 29.4 Å². The summed E-state index contributed by atoms with van der Waals surface area (Å²) in [6.07, 6.45) is 5.85. The van der Waals surface area contributed by atoms with E-state index in [1.54, 1.807) is 12.1 Å². The molecule has 0 unspecified atom stereocenters. The lowest BCUT2D eigenvalue weighted by Crippen LogP contribution is -2.63. The number of ether oxygens (including phenoxy) is 1. The average molecular weight is 348 g/mol. The third-order valence-corrected chi connectivity index (χ3v) is 5.82. The molecular weight excluding hydrogens is 320 g/mol. The van der Waals surface area contributed by atoms with Gasteiger partial charge in [0.1, 0.15) is 5.76 Å². The fourth-order valence-corrected chi connectivity index (χ4v) is 4.51. The SMILES string of the molecule is CCO[C@@H]1C[C@H](N(C)C(=O)c2ccc(CNC(C)=O)o2)C12CCCC2. The standard InChI is InChI=1S/C19H28N2O4/c1-4-24-17-11-16(19(17)9-5-6-10-19)21(3)18(23)15-8-7-14(25-15)12-20-13(2)22/h7-8,16-17H,4-6,9-12H2,1-3H3,(H,20,22)/t16-,17+/m0/s1. The third kappa shape index (κ3) is 3.32. The van der Waals surface area contributed by atoms with Crippen molar-refractivity contribution in [2.75, 3.05) is 13.7 Å². The Kier molecular flexibility index (Phi) is 5.18. The van der Waals surface area contributed by atoms with Gasteiger partial charge in [0.05, 0.1) is 12.6 Å². The van der Waals surface area contributed by atoms with E-state index in [1.165, 1.54) is 19.8 Å². The van der Waals surface area contributed by atoms with Gasteiger partial charge in [-0.3, -0.25) is 9.59 Å². The summed E-state index contributed by atoms with van der Waals surface area (Å²) in [5.74, 6) is 0.695. The van der Waals surface area contributed by atoms with Crippen LogP contribution in [0.15, 0.2) is 16.5 Å². The number of hydrogen-bond donors (Lipinski definition) is 1. The first kappa shape index (κ1) is 18.0. The van der Waals surface area contributed by atoms with Crippen molar-refractivity contribution in [3.63, 3.8) is 0 Å². The zero-order valence-corrected chi connectivity index (χ0v) is 15.3. The third-order valence-electron chi connectivity index (χ3n) is 5.82. The molecule has 0 saturated heterocycles. The van der Waals surface area contributed by atoms with E-state index in [0.717, 1.165) is 25.9 Å². The second-order valence-corrected chi connectivity index (χ2v) is 7.23. The van der Waals surface area contributed by atoms with Gasteiger partial charge < -0.3 is 19.4 Å². The Morgan fingerprint density at radius 3 is 2.72 bits per heavy atom. The van der Waals surface area contributed by atoms with Gasteiger partial charge in [0.15, 0.2) is 5.76 Å². The van der Waals surface area contributed by atoms with E-state index in [0.29, 0.717) is 18.1 Å². The molecule has 0 aliphatic heterocycles. The number of carbonyl (C=O) groups excluding carboxylic acids is 2. The van der Waals surface area contributed by atoms with Crippen LogP contribution in [-0.4, -0.2) is 42.5 Å². The summed E-state index contributed by atoms with van der Waals surface area (Å²) in [5.41, 5.74) is 0.117. The number of carbonyl (C=O) groups is 2. The van der Waals surface area contributed by atoms with Crippen molar-refractivity contribution in [3.05, 3.63) is 23.7 Å². The Labute approximate surface area is 148 Å². The van der Waals surface area contributed by atoms with Crippen molar-refractivity contribution in [1.82, 2.24) is 10.2 Å². The summed E-state index contributed by atoms with van der Waals surface area (Å²) in [6, 6.07) is 3.64. The topological polar surface area (TPSA) is 71.8 Å². The van der Waals surface area contributed by atoms with Crippen LogP contribution in [-0.2, 0) is 16.1 Å². The first-order chi connectivity index (χ1) is 12.0. The molecule has 1 aromatic heterocycles. The lowest BCUT2D eigenvalue weighted by Gasteiger charge is -2.56. The molecule has 0 aromatic carbocycles. The molecule has 1 spiro atoms. The maximum absolute atomic E-state index is 12.8. The molecule has 1 heterocycles. The van der Waals surface area contributed by atoms with Gasteiger partial charge >= 0.3 is 0 Å². The van der Waals surface area contributed by atoms with Crippen molar-refractivity contribution >= 4 is 11.8 Å². The smallest absolute Gasteiger partial charge is 0.289 e. The highest BCUT2D eigenvalue weighted by Gasteiger charge is 2.59. The minimum atomic E-state index is -0.124. The van der Waals surface area contributed by atoms with Gasteiger partial charge in [0, 0.05) is 32.0 Å². The van der Waals surface area contributed by atoms with Gasteiger partial charge in [-0.05, 0) is 38.3 Å². The van der Waals surface area contributed by atoms with E-state index >= 15 is 0 Å². The number of nitrogens with one attached hydrogen (secondary N) is 1. The molecule has 6 heteroatoms. The van der Waals surface area contributed by atoms with Crippen LogP contribution in [0, 0.1) is 5.41 Å². The van der Waals surface area contributed by atoms with Gasteiger partial charge in [-0.25, -0.2) is 0 Å². The Balaban J connectivity index is 1.67. The normalized spacial score (nSPS) is 24.1. The van der Waals surface area contributed by atoms with Crippen molar-refractivity contribution < 1.29 is 18.7 Å². The van der Waals surface area contributed by atoms with Gasteiger partial charge in [-0.1, -0.05) is 12.8 Å². The van der Waals surface area contributed by atoms with Crippen LogP contribution >= 0.6 is 0 Å². The highest BCUT2D eigenvalue weighted by Crippen LogP contribution is 2.56. The molecule has 2 amide bonds. The molecule has 2 fully saturated rings. The van der Waals surface area contributed by atoms with Crippen molar-refractivity contribution in [2.45, 2.75) is 64.6 Å². The highest BCUT2D eigenvalue weighted by atomic mass is 16.5. The van der Waals surface area contributed by atoms with E-state index < -0.39 is 0 Å². The lowest BCUT2D eigenvalue weighted by molar-refractivity contribution is -0.152. The Morgan fingerprint density at radius 1 is 1.36 bits per heavy atom. The predicted molar refractivity (Wildman–Crippen MR) is 93.0 cm³/mol. The van der Waals surface area contributed by atoms with Crippen LogP contribution in [0.5, 0.6) is 0 Å². The summed E-state index contributed by atoms with van der Waals surface area (Å²) < 4.78 is 11.6. The van der Waals surface area contributed by atoms with Crippen molar-refractivity contribution in [2.24, 2.45) is 5.41 Å². The quantitative estimate of drug-likeness (QED) is 0.858. The second-order valence-electron chi connectivity index (χ2n) is 7.23. The summed E-state index contributed by atoms with van der Waals surface area (Å²) >= 11 is 0. The molecular formula is C19H28N2O4. The van der Waals surface area contributed by atoms with Crippen LogP contribution in [0.3, 0.4) is 0 Å². The number of rotatable bonds is 6. The zero-order chi connectivity index (χ0) is 18.0. The van der Waals surface area contributed by atoms with Crippen LogP contribution in [0.25, 0.3) is 0 Å². The maximum atomic E-state index is 12.8. The number of hydrogen-bond acceptors (Lipinski definition) is 4. The van der Waals surface area contributed by atoms with E-state index in [9.17, 15) is 9.59 Å². The predicted octanol–water partition coefficient (Wildman–Crippen LogP) is 2.73. The molecule has 2 aliphatic carbocycles. The Morgan fingerprint density at radius 2 is 2.08 bits per heavy atom. The minimum absolute atomic E-state index is 0.0969. The summed E-state index contributed by atoms with van der Waals surface area (Å²) in [7, 11) is 1.87. The second kappa shape index (κ2) is 7.20. The minimum Gasteiger partial charge on any atom is -0.454 e. The van der Waals surface area contributed by atoms with Gasteiger partial charge in [-0.2, -0.15) is 0 Å². The largest absolute Gasteiger partial charge is 0.454 e. The summed E-state index contributed by atoms with van der Waals surface area (Å²) in [6.45, 7) is 4.51. The maximum Gasteiger partial charge on any atom is 0.289 e. The molecule has 1 aromatic rings. The molecule has 138 valence electrons. The molecule has 6 nitrogen and oxygen atoms in total. The van der Waals surface area contributed by atoms with Crippen LogP contribution in [0.4, 0.5) is 0 Å². The summed E-state index contributed by atoms with van der Waals surface area (Å²) in [4.78, 5) is 25.7. The highest BCUT2D eigenvalue weighted by molar-refractivity contribution is 5.91. The fraction of sp³-hybridized carbons (Fsp3) is 0.684. The molecule has 3 rings (SSSR count). The van der Waals surface area contributed by atoms with Crippen LogP contribution in [0.2, 0.25) is 0 Å². The van der Waals surface area contributed by atoms with Gasteiger partial charge in [-0.15, -0.1) is 0 Å². The molecule has 2 aliphatic rings. The lowest BCUT2D eigenvalue weighted by atomic mass is 9.60. The number of furan rings is 1. The molecule has 0 radical (unpaired) electrons. The van der Waals surface area contributed by atoms with Gasteiger partial charge in [0.2, 0.25) is 5.91 Å².